The van der Waals surface area contributed by atoms with Crippen LogP contribution in [0, 0.1) is 0 Å². The summed E-state index contributed by atoms with van der Waals surface area (Å²) in [4.78, 5) is 12.1. The molecular formula is C17H23N3O2S. The van der Waals surface area contributed by atoms with Crippen LogP contribution in [0.15, 0.2) is 42.7 Å². The Labute approximate surface area is 139 Å². The Bertz CT molecular complexity index is 673. The molecule has 0 saturated carbocycles. The van der Waals surface area contributed by atoms with E-state index >= 15 is 0 Å². The second-order valence-electron chi connectivity index (χ2n) is 6.52. The third kappa shape index (κ3) is 5.03. The van der Waals surface area contributed by atoms with E-state index in [1.807, 2.05) is 57.3 Å². The monoisotopic (exact) mass is 333 g/mol. The van der Waals surface area contributed by atoms with Crippen molar-refractivity contribution in [3.05, 3.63) is 48.3 Å². The van der Waals surface area contributed by atoms with Crippen molar-refractivity contribution in [3.63, 3.8) is 0 Å². The summed E-state index contributed by atoms with van der Waals surface area (Å²) in [5, 5.41) is 6.49. The van der Waals surface area contributed by atoms with Gasteiger partial charge in [0, 0.05) is 34.5 Å². The van der Waals surface area contributed by atoms with Crippen molar-refractivity contribution in [2.45, 2.75) is 44.2 Å². The van der Waals surface area contributed by atoms with E-state index in [0.29, 0.717) is 5.75 Å². The molecule has 2 atom stereocenters. The maximum absolute atomic E-state index is 12.4. The van der Waals surface area contributed by atoms with Crippen LogP contribution in [-0.2, 0) is 21.3 Å². The van der Waals surface area contributed by atoms with Crippen LogP contribution in [-0.4, -0.2) is 30.7 Å². The van der Waals surface area contributed by atoms with Gasteiger partial charge in [0.1, 0.15) is 5.25 Å². The maximum atomic E-state index is 12.4. The second-order valence-corrected chi connectivity index (χ2v) is 8.28. The number of nitrogens with zero attached hydrogens (tertiary/aromatic N) is 2. The molecule has 6 heteroatoms. The highest BCUT2D eigenvalue weighted by Crippen LogP contribution is 2.13. The first-order chi connectivity index (χ1) is 10.8. The van der Waals surface area contributed by atoms with E-state index < -0.39 is 16.0 Å². The summed E-state index contributed by atoms with van der Waals surface area (Å²) in [6.07, 6.45) is 3.59. The minimum atomic E-state index is -1.26. The molecule has 5 nitrogen and oxygen atoms in total. The summed E-state index contributed by atoms with van der Waals surface area (Å²) >= 11 is 0. The number of nitrogens with one attached hydrogen (secondary N) is 1. The fourth-order valence-electron chi connectivity index (χ4n) is 2.05. The third-order valence-electron chi connectivity index (χ3n) is 3.28. The zero-order chi connectivity index (χ0) is 17.0. The lowest BCUT2D eigenvalue weighted by Gasteiger charge is -2.23. The number of hydrogen-bond acceptors (Lipinski definition) is 3. The predicted molar refractivity (Wildman–Crippen MR) is 92.8 cm³/mol. The Morgan fingerprint density at radius 2 is 1.96 bits per heavy atom. The molecule has 124 valence electrons. The molecule has 0 aliphatic heterocycles. The maximum Gasteiger partial charge on any atom is 0.235 e. The Balaban J connectivity index is 1.98. The summed E-state index contributed by atoms with van der Waals surface area (Å²) in [5.74, 6) is 0.182. The Hall–Kier alpha value is -1.95. The first-order valence-corrected chi connectivity index (χ1v) is 8.92. The molecule has 0 unspecified atom stereocenters. The molecule has 1 amide bonds. The van der Waals surface area contributed by atoms with Crippen molar-refractivity contribution in [2.75, 3.05) is 0 Å². The van der Waals surface area contributed by atoms with Crippen molar-refractivity contribution >= 4 is 16.7 Å². The molecule has 0 aliphatic carbocycles. The SMILES string of the molecule is C[C@H](C(=O)NC(C)(C)C)[S@@](=O)Cc1ccc(-n2cccn2)cc1. The Kier molecular flexibility index (Phi) is 5.36. The topological polar surface area (TPSA) is 64.0 Å². The molecule has 0 aliphatic rings. The van der Waals surface area contributed by atoms with Gasteiger partial charge in [-0.1, -0.05) is 12.1 Å². The van der Waals surface area contributed by atoms with Crippen molar-refractivity contribution in [3.8, 4) is 5.69 Å². The molecule has 1 heterocycles. The molecule has 0 fully saturated rings. The minimum Gasteiger partial charge on any atom is -0.350 e. The summed E-state index contributed by atoms with van der Waals surface area (Å²) in [7, 11) is -1.26. The van der Waals surface area contributed by atoms with Gasteiger partial charge in [0.2, 0.25) is 5.91 Å². The average Bonchev–Trinajstić information content (AvgIpc) is 2.99. The second kappa shape index (κ2) is 7.08. The molecule has 23 heavy (non-hydrogen) atoms. The normalized spacial score (nSPS) is 14.3. The summed E-state index contributed by atoms with van der Waals surface area (Å²) in [5.41, 5.74) is 1.57. The van der Waals surface area contributed by atoms with Gasteiger partial charge in [0.25, 0.3) is 0 Å². The van der Waals surface area contributed by atoms with Gasteiger partial charge in [-0.15, -0.1) is 0 Å². The highest BCUT2D eigenvalue weighted by Gasteiger charge is 2.23. The van der Waals surface area contributed by atoms with Crippen molar-refractivity contribution in [2.24, 2.45) is 0 Å². The van der Waals surface area contributed by atoms with Crippen molar-refractivity contribution in [1.82, 2.24) is 15.1 Å². The van der Waals surface area contributed by atoms with E-state index in [1.54, 1.807) is 17.8 Å². The molecule has 0 saturated heterocycles. The number of benzene rings is 1. The molecule has 0 radical (unpaired) electrons. The number of carbonyl (C=O) groups is 1. The van der Waals surface area contributed by atoms with Gasteiger partial charge in [0.15, 0.2) is 0 Å². The lowest BCUT2D eigenvalue weighted by Crippen LogP contribution is -2.46. The fourth-order valence-corrected chi connectivity index (χ4v) is 3.12. The van der Waals surface area contributed by atoms with E-state index in [4.69, 9.17) is 0 Å². The predicted octanol–water partition coefficient (Wildman–Crippen LogP) is 2.42. The van der Waals surface area contributed by atoms with E-state index in [1.165, 1.54) is 0 Å². The zero-order valence-electron chi connectivity index (χ0n) is 13.9. The molecule has 0 spiro atoms. The number of carbonyl (C=O) groups excluding carboxylic acids is 1. The van der Waals surface area contributed by atoms with E-state index in [-0.39, 0.29) is 11.4 Å². The summed E-state index contributed by atoms with van der Waals surface area (Å²) in [6.45, 7) is 7.44. The highest BCUT2D eigenvalue weighted by atomic mass is 32.2. The minimum absolute atomic E-state index is 0.177. The van der Waals surface area contributed by atoms with Gasteiger partial charge in [-0.25, -0.2) is 4.68 Å². The Morgan fingerprint density at radius 3 is 2.48 bits per heavy atom. The third-order valence-corrected chi connectivity index (χ3v) is 4.90. The Morgan fingerprint density at radius 1 is 1.30 bits per heavy atom. The number of hydrogen-bond donors (Lipinski definition) is 1. The van der Waals surface area contributed by atoms with Gasteiger partial charge in [0.05, 0.1) is 5.69 Å². The van der Waals surface area contributed by atoms with Crippen LogP contribution in [0.25, 0.3) is 5.69 Å². The fraction of sp³-hybridized carbons (Fsp3) is 0.412. The number of aromatic nitrogens is 2. The van der Waals surface area contributed by atoms with Gasteiger partial charge < -0.3 is 5.32 Å². The first-order valence-electron chi connectivity index (χ1n) is 7.54. The highest BCUT2D eigenvalue weighted by molar-refractivity contribution is 7.85. The van der Waals surface area contributed by atoms with Gasteiger partial charge in [-0.05, 0) is 51.5 Å². The standard InChI is InChI=1S/C17H23N3O2S/c1-13(16(21)19-17(2,3)4)23(22)12-14-6-8-15(9-7-14)20-11-5-10-18-20/h5-11,13H,12H2,1-4H3,(H,19,21)/t13-,23+/m1/s1. The molecule has 2 rings (SSSR count). The lowest BCUT2D eigenvalue weighted by atomic mass is 10.1. The van der Waals surface area contributed by atoms with Crippen LogP contribution in [0.3, 0.4) is 0 Å². The van der Waals surface area contributed by atoms with Crippen LogP contribution in [0.5, 0.6) is 0 Å². The van der Waals surface area contributed by atoms with Gasteiger partial charge in [-0.3, -0.25) is 9.00 Å². The van der Waals surface area contributed by atoms with E-state index in [9.17, 15) is 9.00 Å². The smallest absolute Gasteiger partial charge is 0.235 e. The average molecular weight is 333 g/mol. The molecule has 0 bridgehead atoms. The van der Waals surface area contributed by atoms with Gasteiger partial charge >= 0.3 is 0 Å². The zero-order valence-corrected chi connectivity index (χ0v) is 14.8. The summed E-state index contributed by atoms with van der Waals surface area (Å²) in [6, 6.07) is 9.56. The molecular weight excluding hydrogens is 310 g/mol. The van der Waals surface area contributed by atoms with Crippen molar-refractivity contribution < 1.29 is 9.00 Å². The molecule has 1 aromatic carbocycles. The van der Waals surface area contributed by atoms with Crippen LogP contribution in [0.4, 0.5) is 0 Å². The van der Waals surface area contributed by atoms with Crippen LogP contribution >= 0.6 is 0 Å². The summed E-state index contributed by atoms with van der Waals surface area (Å²) < 4.78 is 14.2. The molecule has 1 aromatic heterocycles. The molecule has 2 aromatic rings. The first kappa shape index (κ1) is 17.4. The number of amides is 1. The van der Waals surface area contributed by atoms with Crippen molar-refractivity contribution in [1.29, 1.82) is 0 Å². The van der Waals surface area contributed by atoms with Crippen LogP contribution in [0.1, 0.15) is 33.3 Å². The van der Waals surface area contributed by atoms with E-state index in [2.05, 4.69) is 10.4 Å². The van der Waals surface area contributed by atoms with Crippen LogP contribution < -0.4 is 5.32 Å². The lowest BCUT2D eigenvalue weighted by molar-refractivity contribution is -0.121. The van der Waals surface area contributed by atoms with Gasteiger partial charge in [-0.2, -0.15) is 5.10 Å². The number of rotatable bonds is 5. The largest absolute Gasteiger partial charge is 0.350 e. The van der Waals surface area contributed by atoms with E-state index in [0.717, 1.165) is 11.3 Å². The molecule has 1 N–H and O–H groups in total. The quantitative estimate of drug-likeness (QED) is 0.914. The van der Waals surface area contributed by atoms with Crippen LogP contribution in [0.2, 0.25) is 0 Å².